The maximum Gasteiger partial charge on any atom is 0.228 e. The molecule has 0 aliphatic carbocycles. The van der Waals surface area contributed by atoms with Gasteiger partial charge in [0.15, 0.2) is 0 Å². The van der Waals surface area contributed by atoms with Crippen molar-refractivity contribution in [3.05, 3.63) is 58.8 Å². The Morgan fingerprint density at radius 1 is 1.05 bits per heavy atom. The molecule has 5 heteroatoms. The number of anilines is 2. The predicted molar refractivity (Wildman–Crippen MR) is 81.7 cm³/mol. The van der Waals surface area contributed by atoms with Crippen molar-refractivity contribution in [1.82, 2.24) is 9.97 Å². The van der Waals surface area contributed by atoms with Crippen molar-refractivity contribution < 1.29 is 0 Å². The van der Waals surface area contributed by atoms with Gasteiger partial charge in [-0.3, -0.25) is 0 Å². The van der Waals surface area contributed by atoms with Crippen LogP contribution in [0.15, 0.2) is 53.1 Å². The second kappa shape index (κ2) is 5.27. The van der Waals surface area contributed by atoms with Gasteiger partial charge in [0.1, 0.15) is 11.8 Å². The maximum absolute atomic E-state index is 8.86. The smallest absolute Gasteiger partial charge is 0.228 e. The van der Waals surface area contributed by atoms with Crippen LogP contribution in [0, 0.1) is 11.3 Å². The number of rotatable bonds is 2. The van der Waals surface area contributed by atoms with Crippen LogP contribution in [-0.2, 0) is 0 Å². The minimum Gasteiger partial charge on any atom is -0.324 e. The van der Waals surface area contributed by atoms with Crippen LogP contribution in [0.25, 0.3) is 10.8 Å². The first-order chi connectivity index (χ1) is 9.78. The Hall–Kier alpha value is -2.45. The number of nitriles is 1. The third-order valence-electron chi connectivity index (χ3n) is 2.89. The zero-order valence-electron chi connectivity index (χ0n) is 10.3. The third kappa shape index (κ3) is 2.33. The van der Waals surface area contributed by atoms with Crippen LogP contribution < -0.4 is 5.32 Å². The van der Waals surface area contributed by atoms with Crippen LogP contribution >= 0.6 is 15.9 Å². The van der Waals surface area contributed by atoms with E-state index in [9.17, 15) is 0 Å². The van der Waals surface area contributed by atoms with Gasteiger partial charge < -0.3 is 5.32 Å². The van der Waals surface area contributed by atoms with Crippen LogP contribution in [0.3, 0.4) is 0 Å². The van der Waals surface area contributed by atoms with Crippen LogP contribution in [0.5, 0.6) is 0 Å². The molecule has 20 heavy (non-hydrogen) atoms. The fourth-order valence-electron chi connectivity index (χ4n) is 1.97. The Kier molecular flexibility index (Phi) is 3.32. The zero-order valence-corrected chi connectivity index (χ0v) is 11.9. The van der Waals surface area contributed by atoms with Crippen molar-refractivity contribution >= 4 is 38.3 Å². The molecule has 0 amide bonds. The lowest BCUT2D eigenvalue weighted by Crippen LogP contribution is -1.98. The van der Waals surface area contributed by atoms with E-state index in [1.54, 1.807) is 12.3 Å². The second-order valence-electron chi connectivity index (χ2n) is 4.14. The van der Waals surface area contributed by atoms with E-state index in [0.29, 0.717) is 11.6 Å². The molecule has 0 bridgehead atoms. The number of fused-ring (bicyclic) bond motifs is 1. The molecule has 1 N–H and O–H groups in total. The Labute approximate surface area is 124 Å². The van der Waals surface area contributed by atoms with Gasteiger partial charge >= 0.3 is 0 Å². The highest BCUT2D eigenvalue weighted by Gasteiger charge is 2.06. The summed E-state index contributed by atoms with van der Waals surface area (Å²) >= 11 is 3.54. The van der Waals surface area contributed by atoms with Crippen LogP contribution in [-0.4, -0.2) is 9.97 Å². The summed E-state index contributed by atoms with van der Waals surface area (Å²) in [5.74, 6) is 0.413. The zero-order chi connectivity index (χ0) is 13.9. The van der Waals surface area contributed by atoms with Crippen molar-refractivity contribution in [1.29, 1.82) is 5.26 Å². The van der Waals surface area contributed by atoms with E-state index in [4.69, 9.17) is 5.26 Å². The van der Waals surface area contributed by atoms with E-state index >= 15 is 0 Å². The normalized spacial score (nSPS) is 10.2. The molecule has 4 nitrogen and oxygen atoms in total. The molecular formula is C15H9BrN4. The largest absolute Gasteiger partial charge is 0.324 e. The molecule has 0 saturated heterocycles. The van der Waals surface area contributed by atoms with Gasteiger partial charge in [0.05, 0.1) is 0 Å². The summed E-state index contributed by atoms with van der Waals surface area (Å²) in [5, 5.41) is 14.2. The van der Waals surface area contributed by atoms with Gasteiger partial charge in [0.25, 0.3) is 0 Å². The number of aromatic nitrogens is 2. The van der Waals surface area contributed by atoms with Gasteiger partial charge in [-0.1, -0.05) is 40.2 Å². The Morgan fingerprint density at radius 2 is 1.85 bits per heavy atom. The summed E-state index contributed by atoms with van der Waals surface area (Å²) in [6, 6.07) is 15.5. The van der Waals surface area contributed by atoms with Gasteiger partial charge in [-0.2, -0.15) is 5.26 Å². The monoisotopic (exact) mass is 324 g/mol. The minimum absolute atomic E-state index is 0.337. The molecule has 0 fully saturated rings. The number of nitrogens with zero attached hydrogens (tertiary/aromatic N) is 3. The molecule has 1 aromatic heterocycles. The number of hydrogen-bond acceptors (Lipinski definition) is 4. The van der Waals surface area contributed by atoms with Crippen molar-refractivity contribution in [2.24, 2.45) is 0 Å². The molecule has 0 radical (unpaired) electrons. The SMILES string of the molecule is N#Cc1ccnc(Nc2ccc(Br)c3ccccc23)n1. The van der Waals surface area contributed by atoms with E-state index in [1.165, 1.54) is 0 Å². The Morgan fingerprint density at radius 3 is 2.65 bits per heavy atom. The first kappa shape index (κ1) is 12.6. The lowest BCUT2D eigenvalue weighted by molar-refractivity contribution is 1.14. The molecule has 0 saturated carbocycles. The fraction of sp³-hybridized carbons (Fsp3) is 0. The average Bonchev–Trinajstić information content (AvgIpc) is 2.51. The first-order valence-corrected chi connectivity index (χ1v) is 6.74. The summed E-state index contributed by atoms with van der Waals surface area (Å²) in [4.78, 5) is 8.25. The number of halogens is 1. The van der Waals surface area contributed by atoms with Crippen molar-refractivity contribution in [2.75, 3.05) is 5.32 Å². The standard InChI is InChI=1S/C15H9BrN4/c16-13-5-6-14(12-4-2-1-3-11(12)13)20-15-18-8-7-10(9-17)19-15/h1-8H,(H,18,19,20). The molecule has 3 rings (SSSR count). The fourth-order valence-corrected chi connectivity index (χ4v) is 2.45. The van der Waals surface area contributed by atoms with Crippen LogP contribution in [0.1, 0.15) is 5.69 Å². The number of nitrogens with one attached hydrogen (secondary N) is 1. The number of benzene rings is 2. The van der Waals surface area contributed by atoms with Gasteiger partial charge in [-0.15, -0.1) is 0 Å². The molecular weight excluding hydrogens is 316 g/mol. The molecule has 96 valence electrons. The van der Waals surface area contributed by atoms with Crippen molar-refractivity contribution in [3.8, 4) is 6.07 Å². The predicted octanol–water partition coefficient (Wildman–Crippen LogP) is 4.01. The molecule has 2 aromatic carbocycles. The maximum atomic E-state index is 8.86. The summed E-state index contributed by atoms with van der Waals surface area (Å²) in [6.45, 7) is 0. The lowest BCUT2D eigenvalue weighted by Gasteiger charge is -2.09. The molecule has 0 unspecified atom stereocenters. The van der Waals surface area contributed by atoms with Gasteiger partial charge in [-0.05, 0) is 23.6 Å². The highest BCUT2D eigenvalue weighted by atomic mass is 79.9. The highest BCUT2D eigenvalue weighted by Crippen LogP contribution is 2.30. The average molecular weight is 325 g/mol. The third-order valence-corrected chi connectivity index (χ3v) is 3.58. The summed E-state index contributed by atoms with van der Waals surface area (Å²) in [7, 11) is 0. The van der Waals surface area contributed by atoms with E-state index in [0.717, 1.165) is 20.9 Å². The van der Waals surface area contributed by atoms with E-state index in [-0.39, 0.29) is 0 Å². The van der Waals surface area contributed by atoms with Crippen molar-refractivity contribution in [2.45, 2.75) is 0 Å². The van der Waals surface area contributed by atoms with Gasteiger partial charge in [0.2, 0.25) is 5.95 Å². The minimum atomic E-state index is 0.337. The summed E-state index contributed by atoms with van der Waals surface area (Å²) < 4.78 is 1.03. The summed E-state index contributed by atoms with van der Waals surface area (Å²) in [5.41, 5.74) is 1.24. The van der Waals surface area contributed by atoms with Crippen molar-refractivity contribution in [3.63, 3.8) is 0 Å². The molecule has 1 heterocycles. The van der Waals surface area contributed by atoms with Gasteiger partial charge in [0, 0.05) is 21.7 Å². The molecule has 3 aromatic rings. The Bertz CT molecular complexity index is 823. The highest BCUT2D eigenvalue weighted by molar-refractivity contribution is 9.10. The number of hydrogen-bond donors (Lipinski definition) is 1. The quantitative estimate of drug-likeness (QED) is 0.773. The molecule has 0 aliphatic heterocycles. The molecule has 0 aliphatic rings. The lowest BCUT2D eigenvalue weighted by atomic mass is 10.1. The van der Waals surface area contributed by atoms with E-state index in [1.807, 2.05) is 42.5 Å². The molecule has 0 atom stereocenters. The van der Waals surface area contributed by atoms with E-state index < -0.39 is 0 Å². The Balaban J connectivity index is 2.07. The second-order valence-corrected chi connectivity index (χ2v) is 5.00. The van der Waals surface area contributed by atoms with Crippen LogP contribution in [0.2, 0.25) is 0 Å². The topological polar surface area (TPSA) is 61.6 Å². The van der Waals surface area contributed by atoms with Gasteiger partial charge in [-0.25, -0.2) is 9.97 Å². The van der Waals surface area contributed by atoms with E-state index in [2.05, 4.69) is 31.2 Å². The first-order valence-electron chi connectivity index (χ1n) is 5.95. The van der Waals surface area contributed by atoms with Crippen LogP contribution in [0.4, 0.5) is 11.6 Å². The summed E-state index contributed by atoms with van der Waals surface area (Å²) in [6.07, 6.45) is 1.56. The molecule has 0 spiro atoms.